The molecule has 1 amide bonds. The largest absolute Gasteiger partial charge is 0.447 e. The molecule has 0 radical (unpaired) electrons. The van der Waals surface area contributed by atoms with Gasteiger partial charge in [0.2, 0.25) is 6.10 Å². The second kappa shape index (κ2) is 8.81. The lowest BCUT2D eigenvalue weighted by atomic mass is 9.88. The Hall–Kier alpha value is -3.40. The molecular formula is C23H21NO3. The van der Waals surface area contributed by atoms with Crippen molar-refractivity contribution in [1.29, 1.82) is 0 Å². The summed E-state index contributed by atoms with van der Waals surface area (Å²) in [6, 6.07) is 28.3. The number of ether oxygens (including phenoxy) is 1. The number of rotatable bonds is 7. The lowest BCUT2D eigenvalue weighted by molar-refractivity contribution is -0.155. The zero-order valence-corrected chi connectivity index (χ0v) is 14.8. The molecule has 3 aromatic carbocycles. The average molecular weight is 359 g/mol. The van der Waals surface area contributed by atoms with Gasteiger partial charge in [-0.2, -0.15) is 0 Å². The van der Waals surface area contributed by atoms with Crippen molar-refractivity contribution in [2.45, 2.75) is 18.4 Å². The fourth-order valence-corrected chi connectivity index (χ4v) is 3.06. The number of benzene rings is 3. The van der Waals surface area contributed by atoms with Crippen molar-refractivity contribution in [3.8, 4) is 0 Å². The summed E-state index contributed by atoms with van der Waals surface area (Å²) in [4.78, 5) is 24.5. The highest BCUT2D eigenvalue weighted by Crippen LogP contribution is 2.29. The minimum atomic E-state index is -1.09. The molecule has 0 saturated carbocycles. The number of amides is 1. The van der Waals surface area contributed by atoms with Crippen LogP contribution in [0.3, 0.4) is 0 Å². The summed E-state index contributed by atoms with van der Waals surface area (Å²) in [5, 5.41) is 0. The molecule has 3 aromatic rings. The first-order valence-electron chi connectivity index (χ1n) is 8.79. The highest BCUT2D eigenvalue weighted by molar-refractivity contribution is 5.84. The van der Waals surface area contributed by atoms with Gasteiger partial charge in [0.25, 0.3) is 5.91 Å². The topological polar surface area (TPSA) is 69.4 Å². The molecule has 4 heteroatoms. The molecule has 0 aromatic heterocycles. The van der Waals surface area contributed by atoms with Gasteiger partial charge in [0, 0.05) is 11.5 Å². The van der Waals surface area contributed by atoms with Gasteiger partial charge in [-0.05, 0) is 11.1 Å². The van der Waals surface area contributed by atoms with E-state index in [0.717, 1.165) is 11.1 Å². The smallest absolute Gasteiger partial charge is 0.307 e. The molecule has 1 unspecified atom stereocenters. The monoisotopic (exact) mass is 359 g/mol. The zero-order valence-electron chi connectivity index (χ0n) is 14.8. The Bertz CT molecular complexity index is 840. The van der Waals surface area contributed by atoms with Gasteiger partial charge in [0.1, 0.15) is 0 Å². The highest BCUT2D eigenvalue weighted by atomic mass is 16.5. The summed E-state index contributed by atoms with van der Waals surface area (Å²) < 4.78 is 5.46. The van der Waals surface area contributed by atoms with Crippen LogP contribution in [0.2, 0.25) is 0 Å². The first-order chi connectivity index (χ1) is 13.1. The van der Waals surface area contributed by atoms with E-state index in [9.17, 15) is 9.59 Å². The third kappa shape index (κ3) is 4.82. The molecule has 3 rings (SSSR count). The van der Waals surface area contributed by atoms with Gasteiger partial charge in [0.05, 0.1) is 6.42 Å². The van der Waals surface area contributed by atoms with E-state index >= 15 is 0 Å². The van der Waals surface area contributed by atoms with E-state index < -0.39 is 18.0 Å². The molecule has 2 N–H and O–H groups in total. The fraction of sp³-hybridized carbons (Fsp3) is 0.130. The summed E-state index contributed by atoms with van der Waals surface area (Å²) in [5.41, 5.74) is 8.04. The number of hydrogen-bond donors (Lipinski definition) is 1. The molecule has 1 atom stereocenters. The summed E-state index contributed by atoms with van der Waals surface area (Å²) in [6.45, 7) is 0. The van der Waals surface area contributed by atoms with Crippen LogP contribution in [0.4, 0.5) is 0 Å². The van der Waals surface area contributed by atoms with Crippen molar-refractivity contribution in [2.75, 3.05) is 0 Å². The van der Waals surface area contributed by atoms with Crippen LogP contribution >= 0.6 is 0 Å². The number of carbonyl (C=O) groups excluding carboxylic acids is 2. The third-order valence-corrected chi connectivity index (χ3v) is 4.38. The Balaban J connectivity index is 1.81. The van der Waals surface area contributed by atoms with E-state index in [-0.39, 0.29) is 12.3 Å². The van der Waals surface area contributed by atoms with Crippen LogP contribution in [0.1, 0.15) is 35.1 Å². The Labute approximate surface area is 158 Å². The molecule has 0 spiro atoms. The van der Waals surface area contributed by atoms with Crippen LogP contribution in [0.5, 0.6) is 0 Å². The van der Waals surface area contributed by atoms with Crippen molar-refractivity contribution in [2.24, 2.45) is 5.73 Å². The van der Waals surface area contributed by atoms with E-state index in [1.165, 1.54) is 0 Å². The Kier molecular flexibility index (Phi) is 6.00. The molecule has 0 aliphatic rings. The molecule has 0 saturated heterocycles. The van der Waals surface area contributed by atoms with Gasteiger partial charge in [0.15, 0.2) is 0 Å². The maximum atomic E-state index is 12.7. The zero-order chi connectivity index (χ0) is 19.1. The van der Waals surface area contributed by atoms with E-state index in [0.29, 0.717) is 5.56 Å². The predicted molar refractivity (Wildman–Crippen MR) is 104 cm³/mol. The van der Waals surface area contributed by atoms with Gasteiger partial charge in [-0.3, -0.25) is 9.59 Å². The third-order valence-electron chi connectivity index (χ3n) is 4.38. The van der Waals surface area contributed by atoms with Crippen molar-refractivity contribution in [3.05, 3.63) is 108 Å². The van der Waals surface area contributed by atoms with Crippen molar-refractivity contribution in [3.63, 3.8) is 0 Å². The molecule has 4 nitrogen and oxygen atoms in total. The minimum Gasteiger partial charge on any atom is -0.447 e. The van der Waals surface area contributed by atoms with Crippen LogP contribution in [0, 0.1) is 0 Å². The second-order valence-electron chi connectivity index (χ2n) is 6.26. The number of nitrogens with two attached hydrogens (primary N) is 1. The maximum Gasteiger partial charge on any atom is 0.307 e. The molecular weight excluding hydrogens is 338 g/mol. The molecule has 0 bridgehead atoms. The number of hydrogen-bond acceptors (Lipinski definition) is 3. The number of esters is 1. The lowest BCUT2D eigenvalue weighted by Crippen LogP contribution is -2.26. The van der Waals surface area contributed by atoms with Crippen LogP contribution in [0.15, 0.2) is 91.0 Å². The molecule has 0 aliphatic heterocycles. The standard InChI is InChI=1S/C23H21NO3/c24-23(26)22(19-14-8-3-9-15-19)27-21(25)16-20(17-10-4-1-5-11-17)18-12-6-2-7-13-18/h1-15,20,22H,16H2,(H2,24,26). The summed E-state index contributed by atoms with van der Waals surface area (Å²) in [7, 11) is 0. The SMILES string of the molecule is NC(=O)C(OC(=O)CC(c1ccccc1)c1ccccc1)c1ccccc1. The normalized spacial score (nSPS) is 11.7. The fourth-order valence-electron chi connectivity index (χ4n) is 3.06. The summed E-state index contributed by atoms with van der Waals surface area (Å²) in [6.07, 6.45) is -0.976. The second-order valence-corrected chi connectivity index (χ2v) is 6.26. The van der Waals surface area contributed by atoms with Gasteiger partial charge in [-0.25, -0.2) is 0 Å². The Morgan fingerprint density at radius 1 is 0.704 bits per heavy atom. The van der Waals surface area contributed by atoms with Crippen molar-refractivity contribution >= 4 is 11.9 Å². The van der Waals surface area contributed by atoms with E-state index in [1.807, 2.05) is 66.7 Å². The van der Waals surface area contributed by atoms with Crippen LogP contribution in [-0.2, 0) is 14.3 Å². The molecule has 27 heavy (non-hydrogen) atoms. The molecule has 0 fully saturated rings. The van der Waals surface area contributed by atoms with E-state index in [1.54, 1.807) is 24.3 Å². The van der Waals surface area contributed by atoms with Crippen LogP contribution in [-0.4, -0.2) is 11.9 Å². The Morgan fingerprint density at radius 2 is 1.11 bits per heavy atom. The number of primary amides is 1. The number of carbonyl (C=O) groups is 2. The van der Waals surface area contributed by atoms with Gasteiger partial charge in [-0.15, -0.1) is 0 Å². The molecule has 136 valence electrons. The van der Waals surface area contributed by atoms with Crippen LogP contribution < -0.4 is 5.73 Å². The molecule has 0 aliphatic carbocycles. The summed E-state index contributed by atoms with van der Waals surface area (Å²) in [5.74, 6) is -1.32. The summed E-state index contributed by atoms with van der Waals surface area (Å²) >= 11 is 0. The average Bonchev–Trinajstić information content (AvgIpc) is 2.72. The lowest BCUT2D eigenvalue weighted by Gasteiger charge is -2.20. The Morgan fingerprint density at radius 3 is 1.52 bits per heavy atom. The van der Waals surface area contributed by atoms with Gasteiger partial charge in [-0.1, -0.05) is 91.0 Å². The maximum absolute atomic E-state index is 12.7. The van der Waals surface area contributed by atoms with Crippen molar-refractivity contribution < 1.29 is 14.3 Å². The molecule has 0 heterocycles. The minimum absolute atomic E-state index is 0.116. The van der Waals surface area contributed by atoms with E-state index in [4.69, 9.17) is 10.5 Å². The highest BCUT2D eigenvalue weighted by Gasteiger charge is 2.25. The first-order valence-corrected chi connectivity index (χ1v) is 8.79. The van der Waals surface area contributed by atoms with Crippen molar-refractivity contribution in [1.82, 2.24) is 0 Å². The first kappa shape index (κ1) is 18.4. The van der Waals surface area contributed by atoms with Gasteiger partial charge >= 0.3 is 5.97 Å². The van der Waals surface area contributed by atoms with Crippen LogP contribution in [0.25, 0.3) is 0 Å². The quantitative estimate of drug-likeness (QED) is 0.649. The predicted octanol–water partition coefficient (Wildman–Crippen LogP) is 3.98. The van der Waals surface area contributed by atoms with Gasteiger partial charge < -0.3 is 10.5 Å². The van der Waals surface area contributed by atoms with E-state index in [2.05, 4.69) is 0 Å².